The highest BCUT2D eigenvalue weighted by Gasteiger charge is 2.20. The summed E-state index contributed by atoms with van der Waals surface area (Å²) in [4.78, 5) is 22.9. The number of nitro benzene ring substituents is 1. The van der Waals surface area contributed by atoms with Gasteiger partial charge in [0.15, 0.2) is 0 Å². The summed E-state index contributed by atoms with van der Waals surface area (Å²) in [6, 6.07) is 13.6. The summed E-state index contributed by atoms with van der Waals surface area (Å²) in [6.45, 7) is 1.98. The van der Waals surface area contributed by atoms with Crippen LogP contribution in [0.2, 0.25) is 0 Å². The lowest BCUT2D eigenvalue weighted by atomic mass is 10.2. The van der Waals surface area contributed by atoms with Crippen molar-refractivity contribution in [2.45, 2.75) is 6.92 Å². The summed E-state index contributed by atoms with van der Waals surface area (Å²) < 4.78 is 7.66. The number of carbonyl (C=O) groups excluding carboxylic acids is 1. The Bertz CT molecular complexity index is 949. The third kappa shape index (κ3) is 2.78. The summed E-state index contributed by atoms with van der Waals surface area (Å²) in [5, 5.41) is 11.6. The van der Waals surface area contributed by atoms with E-state index in [0.717, 1.165) is 10.2 Å². The zero-order valence-corrected chi connectivity index (χ0v) is 14.3. The van der Waals surface area contributed by atoms with E-state index in [4.69, 9.17) is 4.74 Å². The fourth-order valence-corrected chi connectivity index (χ4v) is 3.03. The van der Waals surface area contributed by atoms with Gasteiger partial charge in [0.05, 0.1) is 22.7 Å². The number of para-hydroxylation sites is 1. The van der Waals surface area contributed by atoms with Crippen molar-refractivity contribution < 1.29 is 14.5 Å². The number of benzene rings is 2. The molecule has 0 unspecified atom stereocenters. The van der Waals surface area contributed by atoms with Gasteiger partial charge in [0.25, 0.3) is 5.69 Å². The van der Waals surface area contributed by atoms with Crippen molar-refractivity contribution in [3.8, 4) is 5.69 Å². The molecular formula is C17H13BrN2O4. The monoisotopic (exact) mass is 388 g/mol. The van der Waals surface area contributed by atoms with Crippen LogP contribution >= 0.6 is 15.9 Å². The quantitative estimate of drug-likeness (QED) is 0.375. The fourth-order valence-electron chi connectivity index (χ4n) is 2.56. The molecule has 0 radical (unpaired) electrons. The molecule has 6 nitrogen and oxygen atoms in total. The highest BCUT2D eigenvalue weighted by Crippen LogP contribution is 2.31. The standard InChI is InChI=1S/C17H13BrN2O4/c1-2-24-17(21)16-10-11-9-12(20(22)23)7-8-14(11)19(16)15-6-4-3-5-13(15)18/h3-10H,2H2,1H3. The molecule has 1 aromatic heterocycles. The van der Waals surface area contributed by atoms with Gasteiger partial charge >= 0.3 is 5.97 Å². The molecule has 0 saturated heterocycles. The average Bonchev–Trinajstić information content (AvgIpc) is 2.94. The maximum absolute atomic E-state index is 12.3. The Labute approximate surface area is 145 Å². The van der Waals surface area contributed by atoms with E-state index in [9.17, 15) is 14.9 Å². The van der Waals surface area contributed by atoms with Gasteiger partial charge in [0.1, 0.15) is 5.69 Å². The molecule has 0 aliphatic carbocycles. The molecule has 122 valence electrons. The van der Waals surface area contributed by atoms with Gasteiger partial charge in [0.2, 0.25) is 0 Å². The van der Waals surface area contributed by atoms with E-state index in [1.54, 1.807) is 23.6 Å². The molecule has 0 atom stereocenters. The molecule has 3 aromatic rings. The minimum absolute atomic E-state index is 0.0258. The number of halogens is 1. The van der Waals surface area contributed by atoms with Gasteiger partial charge in [-0.15, -0.1) is 0 Å². The van der Waals surface area contributed by atoms with Gasteiger partial charge in [-0.25, -0.2) is 4.79 Å². The van der Waals surface area contributed by atoms with Crippen LogP contribution in [0.25, 0.3) is 16.6 Å². The van der Waals surface area contributed by atoms with Crippen molar-refractivity contribution in [2.75, 3.05) is 6.61 Å². The second-order valence-corrected chi connectivity index (χ2v) is 5.89. The van der Waals surface area contributed by atoms with Crippen LogP contribution in [-0.2, 0) is 4.74 Å². The molecule has 0 fully saturated rings. The number of non-ortho nitro benzene ring substituents is 1. The van der Waals surface area contributed by atoms with E-state index in [0.29, 0.717) is 16.6 Å². The highest BCUT2D eigenvalue weighted by molar-refractivity contribution is 9.10. The van der Waals surface area contributed by atoms with E-state index in [1.165, 1.54) is 12.1 Å². The minimum atomic E-state index is -0.480. The van der Waals surface area contributed by atoms with Gasteiger partial charge in [-0.1, -0.05) is 12.1 Å². The third-order valence-corrected chi connectivity index (χ3v) is 4.24. The molecule has 0 saturated carbocycles. The first kappa shape index (κ1) is 16.2. The molecule has 2 aromatic carbocycles. The van der Waals surface area contributed by atoms with Crippen molar-refractivity contribution in [1.82, 2.24) is 4.57 Å². The second-order valence-electron chi connectivity index (χ2n) is 5.04. The number of nitro groups is 1. The Balaban J connectivity index is 2.31. The molecule has 0 aliphatic heterocycles. The number of hydrogen-bond donors (Lipinski definition) is 0. The largest absolute Gasteiger partial charge is 0.461 e. The number of ether oxygens (including phenoxy) is 1. The second kappa shape index (κ2) is 6.45. The molecule has 0 spiro atoms. The molecule has 0 amide bonds. The van der Waals surface area contributed by atoms with Crippen LogP contribution in [0.4, 0.5) is 5.69 Å². The van der Waals surface area contributed by atoms with Crippen LogP contribution in [0.5, 0.6) is 0 Å². The third-order valence-electron chi connectivity index (χ3n) is 3.57. The van der Waals surface area contributed by atoms with Crippen LogP contribution in [0.3, 0.4) is 0 Å². The Morgan fingerprint density at radius 3 is 2.67 bits per heavy atom. The molecular weight excluding hydrogens is 376 g/mol. The van der Waals surface area contributed by atoms with Crippen molar-refractivity contribution >= 4 is 38.5 Å². The number of hydrogen-bond acceptors (Lipinski definition) is 4. The van der Waals surface area contributed by atoms with Crippen LogP contribution in [0, 0.1) is 10.1 Å². The van der Waals surface area contributed by atoms with E-state index >= 15 is 0 Å². The number of esters is 1. The number of carbonyl (C=O) groups is 1. The van der Waals surface area contributed by atoms with Crippen molar-refractivity contribution in [1.29, 1.82) is 0 Å². The maximum atomic E-state index is 12.3. The summed E-state index contributed by atoms with van der Waals surface area (Å²) in [6.07, 6.45) is 0. The smallest absolute Gasteiger partial charge is 0.355 e. The highest BCUT2D eigenvalue weighted by atomic mass is 79.9. The lowest BCUT2D eigenvalue weighted by Gasteiger charge is -2.12. The predicted octanol–water partition coefficient (Wildman–Crippen LogP) is 4.48. The summed E-state index contributed by atoms with van der Waals surface area (Å²) in [7, 11) is 0. The molecule has 7 heteroatoms. The Morgan fingerprint density at radius 1 is 1.25 bits per heavy atom. The predicted molar refractivity (Wildman–Crippen MR) is 93.6 cm³/mol. The lowest BCUT2D eigenvalue weighted by Crippen LogP contribution is -2.11. The molecule has 0 N–H and O–H groups in total. The van der Waals surface area contributed by atoms with E-state index in [-0.39, 0.29) is 12.3 Å². The van der Waals surface area contributed by atoms with Crippen LogP contribution < -0.4 is 0 Å². The van der Waals surface area contributed by atoms with Gasteiger partial charge in [0, 0.05) is 22.0 Å². The Morgan fingerprint density at radius 2 is 2.00 bits per heavy atom. The van der Waals surface area contributed by atoms with E-state index < -0.39 is 10.9 Å². The Kier molecular flexibility index (Phi) is 4.35. The molecule has 24 heavy (non-hydrogen) atoms. The molecule has 1 heterocycles. The number of aromatic nitrogens is 1. The summed E-state index contributed by atoms with van der Waals surface area (Å²) in [5.74, 6) is -0.480. The fraction of sp³-hybridized carbons (Fsp3) is 0.118. The van der Waals surface area contributed by atoms with Crippen molar-refractivity contribution in [3.05, 3.63) is 68.8 Å². The number of fused-ring (bicyclic) bond motifs is 1. The van der Waals surface area contributed by atoms with Gasteiger partial charge in [-0.3, -0.25) is 10.1 Å². The zero-order valence-electron chi connectivity index (χ0n) is 12.7. The van der Waals surface area contributed by atoms with E-state index in [1.807, 2.05) is 24.3 Å². The maximum Gasteiger partial charge on any atom is 0.355 e. The van der Waals surface area contributed by atoms with Gasteiger partial charge in [-0.05, 0) is 47.1 Å². The van der Waals surface area contributed by atoms with Crippen LogP contribution in [-0.4, -0.2) is 22.1 Å². The summed E-state index contributed by atoms with van der Waals surface area (Å²) >= 11 is 3.48. The first-order valence-corrected chi connectivity index (χ1v) is 8.04. The van der Waals surface area contributed by atoms with Crippen LogP contribution in [0.15, 0.2) is 53.0 Å². The average molecular weight is 389 g/mol. The van der Waals surface area contributed by atoms with Crippen LogP contribution in [0.1, 0.15) is 17.4 Å². The molecule has 3 rings (SSSR count). The van der Waals surface area contributed by atoms with E-state index in [2.05, 4.69) is 15.9 Å². The number of nitrogens with zero attached hydrogens (tertiary/aromatic N) is 2. The molecule has 0 bridgehead atoms. The lowest BCUT2D eigenvalue weighted by molar-refractivity contribution is -0.384. The number of rotatable bonds is 4. The topological polar surface area (TPSA) is 74.4 Å². The minimum Gasteiger partial charge on any atom is -0.461 e. The first-order valence-electron chi connectivity index (χ1n) is 7.25. The molecule has 0 aliphatic rings. The van der Waals surface area contributed by atoms with Gasteiger partial charge in [-0.2, -0.15) is 0 Å². The SMILES string of the molecule is CCOC(=O)c1cc2cc([N+](=O)[O-])ccc2n1-c1ccccc1Br. The zero-order chi connectivity index (χ0) is 17.3. The van der Waals surface area contributed by atoms with Gasteiger partial charge < -0.3 is 9.30 Å². The van der Waals surface area contributed by atoms with Crippen molar-refractivity contribution in [3.63, 3.8) is 0 Å². The van der Waals surface area contributed by atoms with Crippen molar-refractivity contribution in [2.24, 2.45) is 0 Å². The normalized spacial score (nSPS) is 10.8. The first-order chi connectivity index (χ1) is 11.5. The Hall–Kier alpha value is -2.67. The summed E-state index contributed by atoms with van der Waals surface area (Å²) in [5.41, 5.74) is 1.74.